The second-order valence-electron chi connectivity index (χ2n) is 7.26. The number of nitrogens with zero attached hydrogens (tertiary/aromatic N) is 1. The van der Waals surface area contributed by atoms with Crippen LogP contribution in [0.4, 0.5) is 0 Å². The summed E-state index contributed by atoms with van der Waals surface area (Å²) < 4.78 is 0. The summed E-state index contributed by atoms with van der Waals surface area (Å²) in [6, 6.07) is 9.09. The number of rotatable bonds is 3. The average molecular weight is 291 g/mol. The molecule has 1 aromatic rings. The summed E-state index contributed by atoms with van der Waals surface area (Å²) in [6.45, 7) is 1.14. The zero-order chi connectivity index (χ0) is 15.1. The highest BCUT2D eigenvalue weighted by molar-refractivity contribution is 5.52. The van der Waals surface area contributed by atoms with Crippen molar-refractivity contribution in [2.24, 2.45) is 5.92 Å². The molecular weight excluding hydrogens is 266 g/mol. The molecule has 4 rings (SSSR count). The maximum Gasteiger partial charge on any atom is 0.00100 e. The molecular formula is C21H25N. The minimum Gasteiger partial charge on any atom is -0.309 e. The third-order valence-electron chi connectivity index (χ3n) is 5.36. The molecule has 2 atom stereocenters. The van der Waals surface area contributed by atoms with E-state index < -0.39 is 0 Å². The Morgan fingerprint density at radius 2 is 1.95 bits per heavy atom. The second kappa shape index (κ2) is 5.55. The maximum atomic E-state index is 2.44. The Morgan fingerprint density at radius 1 is 1.09 bits per heavy atom. The van der Waals surface area contributed by atoms with Crippen LogP contribution in [-0.4, -0.2) is 25.5 Å². The first-order chi connectivity index (χ1) is 10.7. The van der Waals surface area contributed by atoms with Gasteiger partial charge in [0.05, 0.1) is 0 Å². The topological polar surface area (TPSA) is 3.24 Å². The molecule has 114 valence electrons. The minimum atomic E-state index is 0.804. The van der Waals surface area contributed by atoms with E-state index in [1.54, 1.807) is 22.3 Å². The summed E-state index contributed by atoms with van der Waals surface area (Å²) in [5, 5.41) is 0. The van der Waals surface area contributed by atoms with Crippen molar-refractivity contribution in [2.75, 3.05) is 20.6 Å². The lowest BCUT2D eigenvalue weighted by molar-refractivity contribution is 0.417. The van der Waals surface area contributed by atoms with Crippen molar-refractivity contribution in [3.05, 3.63) is 70.3 Å². The minimum absolute atomic E-state index is 0.804. The molecule has 1 saturated carbocycles. The molecule has 0 N–H and O–H groups in total. The summed E-state index contributed by atoms with van der Waals surface area (Å²) in [5.41, 5.74) is 8.04. The van der Waals surface area contributed by atoms with Crippen LogP contribution in [0.15, 0.2) is 59.2 Å². The van der Waals surface area contributed by atoms with E-state index in [4.69, 9.17) is 0 Å². The molecule has 0 spiro atoms. The maximum absolute atomic E-state index is 2.44. The lowest BCUT2D eigenvalue weighted by Gasteiger charge is -2.17. The Morgan fingerprint density at radius 3 is 2.82 bits per heavy atom. The van der Waals surface area contributed by atoms with Gasteiger partial charge in [0, 0.05) is 6.54 Å². The van der Waals surface area contributed by atoms with E-state index >= 15 is 0 Å². The predicted octanol–water partition coefficient (Wildman–Crippen LogP) is 4.48. The van der Waals surface area contributed by atoms with Crippen molar-refractivity contribution in [3.63, 3.8) is 0 Å². The van der Waals surface area contributed by atoms with Gasteiger partial charge >= 0.3 is 0 Å². The van der Waals surface area contributed by atoms with Crippen molar-refractivity contribution in [1.82, 2.24) is 4.90 Å². The van der Waals surface area contributed by atoms with Crippen molar-refractivity contribution < 1.29 is 0 Å². The molecule has 1 heteroatoms. The van der Waals surface area contributed by atoms with Crippen molar-refractivity contribution in [1.29, 1.82) is 0 Å². The van der Waals surface area contributed by atoms with Gasteiger partial charge in [-0.25, -0.2) is 0 Å². The third-order valence-corrected chi connectivity index (χ3v) is 5.36. The van der Waals surface area contributed by atoms with Crippen molar-refractivity contribution >= 4 is 0 Å². The molecule has 0 amide bonds. The lowest BCUT2D eigenvalue weighted by Crippen LogP contribution is -2.12. The largest absolute Gasteiger partial charge is 0.309 e. The van der Waals surface area contributed by atoms with E-state index in [1.165, 1.54) is 18.4 Å². The number of hydrogen-bond acceptors (Lipinski definition) is 1. The van der Waals surface area contributed by atoms with Gasteiger partial charge in [-0.15, -0.1) is 0 Å². The molecule has 22 heavy (non-hydrogen) atoms. The SMILES string of the molecule is CN(C)CCC=C1C=CC2=C(C1)C1CC1c1ccccc1C2. The van der Waals surface area contributed by atoms with Gasteiger partial charge in [-0.2, -0.15) is 0 Å². The van der Waals surface area contributed by atoms with E-state index in [1.807, 2.05) is 0 Å². The van der Waals surface area contributed by atoms with Crippen LogP contribution in [0.3, 0.4) is 0 Å². The van der Waals surface area contributed by atoms with Crippen LogP contribution >= 0.6 is 0 Å². The molecule has 0 aliphatic heterocycles. The molecule has 0 bridgehead atoms. The Hall–Kier alpha value is -1.60. The first-order valence-corrected chi connectivity index (χ1v) is 8.54. The van der Waals surface area contributed by atoms with Gasteiger partial charge in [-0.3, -0.25) is 0 Å². The smallest absolute Gasteiger partial charge is 0.00100 e. The van der Waals surface area contributed by atoms with Gasteiger partial charge in [0.25, 0.3) is 0 Å². The standard InChI is InChI=1S/C21H25N/c1-22(2)11-5-6-15-9-10-17-13-16-7-3-4-8-18(16)20-14-21(20)19(17)12-15/h3-4,6-10,20-21H,5,11-14H2,1-2H3. The first-order valence-electron chi connectivity index (χ1n) is 8.54. The zero-order valence-electron chi connectivity index (χ0n) is 13.7. The summed E-state index contributed by atoms with van der Waals surface area (Å²) in [6.07, 6.45) is 12.1. The molecule has 3 aliphatic rings. The van der Waals surface area contributed by atoms with Gasteiger partial charge in [0.15, 0.2) is 0 Å². The number of benzene rings is 1. The normalized spacial score (nSPS) is 27.5. The average Bonchev–Trinajstić information content (AvgIpc) is 3.29. The van der Waals surface area contributed by atoms with E-state index in [-0.39, 0.29) is 0 Å². The summed E-state index contributed by atoms with van der Waals surface area (Å²) in [4.78, 5) is 2.26. The molecule has 1 fully saturated rings. The van der Waals surface area contributed by atoms with E-state index in [0.29, 0.717) is 0 Å². The fourth-order valence-corrected chi connectivity index (χ4v) is 4.08. The van der Waals surface area contributed by atoms with Crippen LogP contribution in [-0.2, 0) is 6.42 Å². The van der Waals surface area contributed by atoms with Gasteiger partial charge < -0.3 is 4.90 Å². The van der Waals surface area contributed by atoms with Crippen LogP contribution in [0, 0.1) is 5.92 Å². The fourth-order valence-electron chi connectivity index (χ4n) is 4.08. The summed E-state index contributed by atoms with van der Waals surface area (Å²) in [5.74, 6) is 1.62. The number of fused-ring (bicyclic) bond motifs is 4. The molecule has 1 aromatic carbocycles. The van der Waals surface area contributed by atoms with Gasteiger partial charge in [-0.05, 0) is 73.9 Å². The molecule has 1 nitrogen and oxygen atoms in total. The van der Waals surface area contributed by atoms with Crippen LogP contribution in [0.1, 0.15) is 36.3 Å². The molecule has 0 radical (unpaired) electrons. The van der Waals surface area contributed by atoms with E-state index in [9.17, 15) is 0 Å². The molecule has 0 heterocycles. The Balaban J connectivity index is 1.56. The summed E-state index contributed by atoms with van der Waals surface area (Å²) >= 11 is 0. The van der Waals surface area contributed by atoms with Crippen molar-refractivity contribution in [2.45, 2.75) is 31.6 Å². The highest BCUT2D eigenvalue weighted by atomic mass is 15.0. The van der Waals surface area contributed by atoms with Crippen LogP contribution < -0.4 is 0 Å². The zero-order valence-corrected chi connectivity index (χ0v) is 13.7. The van der Waals surface area contributed by atoms with Crippen molar-refractivity contribution in [3.8, 4) is 0 Å². The van der Waals surface area contributed by atoms with E-state index in [2.05, 4.69) is 61.5 Å². The first kappa shape index (κ1) is 14.0. The lowest BCUT2D eigenvalue weighted by atomic mass is 9.88. The van der Waals surface area contributed by atoms with Crippen LogP contribution in [0.5, 0.6) is 0 Å². The fraction of sp³-hybridized carbons (Fsp3) is 0.429. The molecule has 3 aliphatic carbocycles. The van der Waals surface area contributed by atoms with Crippen LogP contribution in [0.25, 0.3) is 0 Å². The predicted molar refractivity (Wildman–Crippen MR) is 93.0 cm³/mol. The van der Waals surface area contributed by atoms with E-state index in [0.717, 1.165) is 31.2 Å². The number of hydrogen-bond donors (Lipinski definition) is 0. The van der Waals surface area contributed by atoms with Gasteiger partial charge in [0.1, 0.15) is 0 Å². The van der Waals surface area contributed by atoms with Crippen LogP contribution in [0.2, 0.25) is 0 Å². The monoisotopic (exact) mass is 291 g/mol. The second-order valence-corrected chi connectivity index (χ2v) is 7.26. The molecule has 0 saturated heterocycles. The Labute approximate surface area is 134 Å². The van der Waals surface area contributed by atoms with Gasteiger partial charge in [0.2, 0.25) is 0 Å². The number of allylic oxidation sites excluding steroid dienone is 5. The Bertz CT molecular complexity index is 675. The molecule has 0 aromatic heterocycles. The van der Waals surface area contributed by atoms with Gasteiger partial charge in [-0.1, -0.05) is 48.1 Å². The molecule has 2 unspecified atom stereocenters. The quantitative estimate of drug-likeness (QED) is 0.793. The highest BCUT2D eigenvalue weighted by Crippen LogP contribution is 2.57. The highest BCUT2D eigenvalue weighted by Gasteiger charge is 2.44. The summed E-state index contributed by atoms with van der Waals surface area (Å²) in [7, 11) is 4.29. The third kappa shape index (κ3) is 2.59. The Kier molecular flexibility index (Phi) is 3.54.